The maximum atomic E-state index is 11.7. The lowest BCUT2D eigenvalue weighted by molar-refractivity contribution is 0.0536. The molecule has 2 amide bonds. The Labute approximate surface area is 122 Å². The Balaban J connectivity index is 1.82. The van der Waals surface area contributed by atoms with Crippen molar-refractivity contribution in [3.8, 4) is 0 Å². The number of benzene rings is 2. The van der Waals surface area contributed by atoms with Gasteiger partial charge in [-0.2, -0.15) is 0 Å². The zero-order valence-corrected chi connectivity index (χ0v) is 11.6. The predicted molar refractivity (Wildman–Crippen MR) is 79.8 cm³/mol. The van der Waals surface area contributed by atoms with Crippen LogP contribution in [0.15, 0.2) is 54.6 Å². The van der Waals surface area contributed by atoms with Crippen molar-refractivity contribution in [1.82, 2.24) is 5.48 Å². The van der Waals surface area contributed by atoms with Gasteiger partial charge in [-0.1, -0.05) is 42.5 Å². The van der Waals surface area contributed by atoms with E-state index in [4.69, 9.17) is 4.84 Å². The third-order valence-corrected chi connectivity index (χ3v) is 2.77. The molecular formula is C16H16N2O3. The van der Waals surface area contributed by atoms with Crippen LogP contribution in [0.25, 0.3) is 0 Å². The standard InChI is InChI=1S/C16H16N2O3/c1-12(19)14-8-5-9-15(10-14)17-16(20)18-21-11-13-6-3-2-4-7-13/h2-10H,11H2,1H3,(H2,17,18,20). The first-order valence-electron chi connectivity index (χ1n) is 6.49. The number of urea groups is 1. The van der Waals surface area contributed by atoms with E-state index in [1.54, 1.807) is 24.3 Å². The van der Waals surface area contributed by atoms with E-state index >= 15 is 0 Å². The van der Waals surface area contributed by atoms with Gasteiger partial charge in [-0.15, -0.1) is 0 Å². The number of rotatable bonds is 5. The Morgan fingerprint density at radius 1 is 1.05 bits per heavy atom. The highest BCUT2D eigenvalue weighted by Crippen LogP contribution is 2.11. The van der Waals surface area contributed by atoms with Gasteiger partial charge in [0.25, 0.3) is 0 Å². The number of hydrogen-bond donors (Lipinski definition) is 2. The molecule has 0 aliphatic carbocycles. The topological polar surface area (TPSA) is 67.4 Å². The van der Waals surface area contributed by atoms with Crippen LogP contribution in [0.1, 0.15) is 22.8 Å². The number of Topliss-reactive ketones (excluding diaryl/α,β-unsaturated/α-hetero) is 1. The molecule has 0 radical (unpaired) electrons. The first-order chi connectivity index (χ1) is 10.1. The van der Waals surface area contributed by atoms with Crippen molar-refractivity contribution in [2.45, 2.75) is 13.5 Å². The number of anilines is 1. The van der Waals surface area contributed by atoms with Gasteiger partial charge in [0.15, 0.2) is 5.78 Å². The van der Waals surface area contributed by atoms with Crippen LogP contribution >= 0.6 is 0 Å². The summed E-state index contributed by atoms with van der Waals surface area (Å²) in [6.45, 7) is 1.75. The van der Waals surface area contributed by atoms with Crippen LogP contribution < -0.4 is 10.8 Å². The van der Waals surface area contributed by atoms with Gasteiger partial charge in [0, 0.05) is 11.3 Å². The molecule has 0 saturated carbocycles. The Kier molecular flexibility index (Phi) is 5.06. The molecule has 21 heavy (non-hydrogen) atoms. The lowest BCUT2D eigenvalue weighted by atomic mass is 10.1. The van der Waals surface area contributed by atoms with Gasteiger partial charge in [-0.05, 0) is 24.6 Å². The summed E-state index contributed by atoms with van der Waals surface area (Å²) in [5.74, 6) is -0.0561. The zero-order valence-electron chi connectivity index (χ0n) is 11.6. The van der Waals surface area contributed by atoms with E-state index in [1.165, 1.54) is 6.92 Å². The fourth-order valence-corrected chi connectivity index (χ4v) is 1.73. The molecule has 0 fully saturated rings. The van der Waals surface area contributed by atoms with Gasteiger partial charge < -0.3 is 5.32 Å². The molecule has 2 aromatic carbocycles. The van der Waals surface area contributed by atoms with Gasteiger partial charge in [0.2, 0.25) is 0 Å². The molecule has 5 nitrogen and oxygen atoms in total. The van der Waals surface area contributed by atoms with Crippen molar-refractivity contribution in [1.29, 1.82) is 0 Å². The molecule has 0 saturated heterocycles. The molecule has 0 aliphatic rings. The fourth-order valence-electron chi connectivity index (χ4n) is 1.73. The number of carbonyl (C=O) groups excluding carboxylic acids is 2. The lowest BCUT2D eigenvalue weighted by Crippen LogP contribution is -2.28. The largest absolute Gasteiger partial charge is 0.343 e. The van der Waals surface area contributed by atoms with Crippen molar-refractivity contribution in [2.75, 3.05) is 5.32 Å². The minimum atomic E-state index is -0.494. The normalized spacial score (nSPS) is 9.95. The highest BCUT2D eigenvalue weighted by atomic mass is 16.7. The van der Waals surface area contributed by atoms with E-state index in [0.29, 0.717) is 11.3 Å². The Hall–Kier alpha value is -2.66. The van der Waals surface area contributed by atoms with E-state index in [9.17, 15) is 9.59 Å². The maximum Gasteiger partial charge on any atom is 0.343 e. The first-order valence-corrected chi connectivity index (χ1v) is 6.49. The van der Waals surface area contributed by atoms with Crippen LogP contribution in [0, 0.1) is 0 Å². The number of ketones is 1. The summed E-state index contributed by atoms with van der Waals surface area (Å²) in [7, 11) is 0. The van der Waals surface area contributed by atoms with Gasteiger partial charge in [0.1, 0.15) is 0 Å². The third-order valence-electron chi connectivity index (χ3n) is 2.77. The van der Waals surface area contributed by atoms with Gasteiger partial charge >= 0.3 is 6.03 Å². The van der Waals surface area contributed by atoms with E-state index < -0.39 is 6.03 Å². The molecule has 0 atom stereocenters. The molecule has 0 unspecified atom stereocenters. The molecule has 0 spiro atoms. The van der Waals surface area contributed by atoms with E-state index in [2.05, 4.69) is 10.8 Å². The summed E-state index contributed by atoms with van der Waals surface area (Å²) in [5.41, 5.74) is 4.32. The average Bonchev–Trinajstić information content (AvgIpc) is 2.48. The SMILES string of the molecule is CC(=O)c1cccc(NC(=O)NOCc2ccccc2)c1. The molecule has 2 rings (SSSR count). The molecule has 0 bridgehead atoms. The Morgan fingerprint density at radius 3 is 2.52 bits per heavy atom. The minimum Gasteiger partial charge on any atom is -0.306 e. The minimum absolute atomic E-state index is 0.0561. The van der Waals surface area contributed by atoms with Crippen LogP contribution in [-0.2, 0) is 11.4 Å². The summed E-state index contributed by atoms with van der Waals surface area (Å²) < 4.78 is 0. The van der Waals surface area contributed by atoms with Gasteiger partial charge in [-0.25, -0.2) is 10.3 Å². The monoisotopic (exact) mass is 284 g/mol. The molecule has 0 aliphatic heterocycles. The summed E-state index contributed by atoms with van der Waals surface area (Å²) in [6.07, 6.45) is 0. The molecule has 2 N–H and O–H groups in total. The van der Waals surface area contributed by atoms with Crippen molar-refractivity contribution in [2.24, 2.45) is 0 Å². The highest BCUT2D eigenvalue weighted by Gasteiger charge is 2.04. The third kappa shape index (κ3) is 4.74. The van der Waals surface area contributed by atoms with E-state index in [-0.39, 0.29) is 12.4 Å². The fraction of sp³-hybridized carbons (Fsp3) is 0.125. The second-order valence-electron chi connectivity index (χ2n) is 4.47. The predicted octanol–water partition coefficient (Wildman–Crippen LogP) is 3.14. The van der Waals surface area contributed by atoms with Crippen LogP contribution in [0.2, 0.25) is 0 Å². The van der Waals surface area contributed by atoms with Crippen LogP contribution in [0.5, 0.6) is 0 Å². The molecular weight excluding hydrogens is 268 g/mol. The first kappa shape index (κ1) is 14.7. The molecule has 5 heteroatoms. The number of nitrogens with one attached hydrogen (secondary N) is 2. The quantitative estimate of drug-likeness (QED) is 0.654. The molecule has 2 aromatic rings. The van der Waals surface area contributed by atoms with Gasteiger partial charge in [-0.3, -0.25) is 9.63 Å². The van der Waals surface area contributed by atoms with Crippen molar-refractivity contribution in [3.05, 3.63) is 65.7 Å². The summed E-state index contributed by atoms with van der Waals surface area (Å²) in [5, 5.41) is 2.60. The van der Waals surface area contributed by atoms with Crippen molar-refractivity contribution < 1.29 is 14.4 Å². The molecule has 0 heterocycles. The molecule has 0 aromatic heterocycles. The number of amides is 2. The lowest BCUT2D eigenvalue weighted by Gasteiger charge is -2.08. The zero-order chi connectivity index (χ0) is 15.1. The summed E-state index contributed by atoms with van der Waals surface area (Å²) in [6, 6.07) is 15.7. The highest BCUT2D eigenvalue weighted by molar-refractivity contribution is 5.96. The second kappa shape index (κ2) is 7.21. The number of hydrogen-bond acceptors (Lipinski definition) is 3. The van der Waals surface area contributed by atoms with E-state index in [1.807, 2.05) is 30.3 Å². The van der Waals surface area contributed by atoms with Crippen LogP contribution in [0.3, 0.4) is 0 Å². The summed E-state index contributed by atoms with van der Waals surface area (Å²) in [4.78, 5) is 28.0. The maximum absolute atomic E-state index is 11.7. The van der Waals surface area contributed by atoms with Gasteiger partial charge in [0.05, 0.1) is 6.61 Å². The van der Waals surface area contributed by atoms with Crippen LogP contribution in [-0.4, -0.2) is 11.8 Å². The van der Waals surface area contributed by atoms with Crippen LogP contribution in [0.4, 0.5) is 10.5 Å². The average molecular weight is 284 g/mol. The molecule has 108 valence electrons. The number of hydroxylamine groups is 1. The Morgan fingerprint density at radius 2 is 1.81 bits per heavy atom. The van der Waals surface area contributed by atoms with Crippen molar-refractivity contribution in [3.63, 3.8) is 0 Å². The summed E-state index contributed by atoms with van der Waals surface area (Å²) >= 11 is 0. The smallest absolute Gasteiger partial charge is 0.306 e. The van der Waals surface area contributed by atoms with Crippen molar-refractivity contribution >= 4 is 17.5 Å². The Bertz CT molecular complexity index is 626. The second-order valence-corrected chi connectivity index (χ2v) is 4.47. The van der Waals surface area contributed by atoms with E-state index in [0.717, 1.165) is 5.56 Å². The number of carbonyl (C=O) groups is 2.